The molecule has 0 fully saturated rings. The first kappa shape index (κ1) is 18.3. The average molecular weight is 344 g/mol. The lowest BCUT2D eigenvalue weighted by molar-refractivity contribution is -0.384. The van der Waals surface area contributed by atoms with Crippen LogP contribution in [0.4, 0.5) is 11.4 Å². The second-order valence-electron chi connectivity index (χ2n) is 5.46. The van der Waals surface area contributed by atoms with Gasteiger partial charge in [-0.25, -0.2) is 0 Å². The Morgan fingerprint density at radius 2 is 2.04 bits per heavy atom. The molecule has 7 heteroatoms. The molecule has 1 amide bonds. The van der Waals surface area contributed by atoms with Crippen LogP contribution in [0.25, 0.3) is 0 Å². The molecule has 1 N–H and O–H groups in total. The lowest BCUT2D eigenvalue weighted by atomic mass is 10.2. The number of rotatable bonds is 7. The average Bonchev–Trinajstić information content (AvgIpc) is 2.61. The molecule has 0 radical (unpaired) electrons. The molecule has 0 aliphatic rings. The summed E-state index contributed by atoms with van der Waals surface area (Å²) >= 11 is 0. The Hall–Kier alpha value is -3.09. The molecule has 7 nitrogen and oxygen atoms in total. The molecule has 0 aliphatic heterocycles. The van der Waals surface area contributed by atoms with E-state index < -0.39 is 4.92 Å². The van der Waals surface area contributed by atoms with Gasteiger partial charge in [0.05, 0.1) is 29.9 Å². The van der Waals surface area contributed by atoms with Gasteiger partial charge in [0.2, 0.25) is 0 Å². The molecule has 0 aromatic heterocycles. The van der Waals surface area contributed by atoms with Crippen LogP contribution in [0.15, 0.2) is 42.5 Å². The standard InChI is InChI=1S/C18H20N2O5/c1-4-12(2)25-15-7-5-6-13(10-15)18(21)19-16-9-8-14(20(22)23)11-17(16)24-3/h5-12H,4H2,1-3H3,(H,19,21). The zero-order valence-corrected chi connectivity index (χ0v) is 14.3. The highest BCUT2D eigenvalue weighted by Gasteiger charge is 2.15. The first-order valence-electron chi connectivity index (χ1n) is 7.85. The van der Waals surface area contributed by atoms with E-state index in [4.69, 9.17) is 9.47 Å². The molecule has 0 spiro atoms. The van der Waals surface area contributed by atoms with Gasteiger partial charge < -0.3 is 14.8 Å². The van der Waals surface area contributed by atoms with Crippen molar-refractivity contribution < 1.29 is 19.2 Å². The van der Waals surface area contributed by atoms with Crippen molar-refractivity contribution in [3.05, 3.63) is 58.1 Å². The minimum Gasteiger partial charge on any atom is -0.494 e. The summed E-state index contributed by atoms with van der Waals surface area (Å²) in [4.78, 5) is 22.8. The van der Waals surface area contributed by atoms with E-state index in [1.54, 1.807) is 24.3 Å². The third kappa shape index (κ3) is 4.69. The highest BCUT2D eigenvalue weighted by molar-refractivity contribution is 6.05. The molecule has 132 valence electrons. The van der Waals surface area contributed by atoms with E-state index >= 15 is 0 Å². The Kier molecular flexibility index (Phi) is 5.94. The summed E-state index contributed by atoms with van der Waals surface area (Å²) < 4.78 is 10.8. The fraction of sp³-hybridized carbons (Fsp3) is 0.278. The number of ether oxygens (including phenoxy) is 2. The lowest BCUT2D eigenvalue weighted by Gasteiger charge is -2.14. The number of anilines is 1. The van der Waals surface area contributed by atoms with Crippen LogP contribution < -0.4 is 14.8 Å². The molecule has 25 heavy (non-hydrogen) atoms. The van der Waals surface area contributed by atoms with Crippen molar-refractivity contribution in [2.75, 3.05) is 12.4 Å². The number of amides is 1. The summed E-state index contributed by atoms with van der Waals surface area (Å²) in [5.74, 6) is 0.467. The second-order valence-corrected chi connectivity index (χ2v) is 5.46. The smallest absolute Gasteiger partial charge is 0.273 e. The van der Waals surface area contributed by atoms with Crippen LogP contribution in [0, 0.1) is 10.1 Å². The monoisotopic (exact) mass is 344 g/mol. The van der Waals surface area contributed by atoms with Gasteiger partial charge in [0.15, 0.2) is 0 Å². The molecule has 0 aliphatic carbocycles. The Labute approximate surface area is 145 Å². The van der Waals surface area contributed by atoms with Crippen LogP contribution in [0.1, 0.15) is 30.6 Å². The number of non-ortho nitro benzene ring substituents is 1. The van der Waals surface area contributed by atoms with Gasteiger partial charge in [-0.05, 0) is 37.6 Å². The topological polar surface area (TPSA) is 90.7 Å². The largest absolute Gasteiger partial charge is 0.494 e. The Morgan fingerprint density at radius 1 is 1.28 bits per heavy atom. The summed E-state index contributed by atoms with van der Waals surface area (Å²) in [6.45, 7) is 3.97. The lowest BCUT2D eigenvalue weighted by Crippen LogP contribution is -2.14. The first-order valence-corrected chi connectivity index (χ1v) is 7.85. The maximum absolute atomic E-state index is 12.5. The van der Waals surface area contributed by atoms with Gasteiger partial charge >= 0.3 is 0 Å². The molecular weight excluding hydrogens is 324 g/mol. The SMILES string of the molecule is CCC(C)Oc1cccc(C(=O)Nc2ccc([N+](=O)[O-])cc2OC)c1. The molecule has 2 rings (SSSR count). The number of hydrogen-bond donors (Lipinski definition) is 1. The van der Waals surface area contributed by atoms with Gasteiger partial charge in [-0.1, -0.05) is 13.0 Å². The Balaban J connectivity index is 2.19. The van der Waals surface area contributed by atoms with Crippen molar-refractivity contribution >= 4 is 17.3 Å². The van der Waals surface area contributed by atoms with Gasteiger partial charge in [0.1, 0.15) is 11.5 Å². The summed E-state index contributed by atoms with van der Waals surface area (Å²) in [6.07, 6.45) is 0.907. The number of carbonyl (C=O) groups is 1. The molecular formula is C18H20N2O5. The van der Waals surface area contributed by atoms with Crippen molar-refractivity contribution in [3.8, 4) is 11.5 Å². The zero-order chi connectivity index (χ0) is 18.4. The van der Waals surface area contributed by atoms with Crippen LogP contribution in [-0.2, 0) is 0 Å². The second kappa shape index (κ2) is 8.14. The van der Waals surface area contributed by atoms with E-state index in [0.29, 0.717) is 17.0 Å². The van der Waals surface area contributed by atoms with E-state index in [9.17, 15) is 14.9 Å². The summed E-state index contributed by atoms with van der Waals surface area (Å²) in [5.41, 5.74) is 0.659. The number of nitro groups is 1. The number of nitrogens with zero attached hydrogens (tertiary/aromatic N) is 1. The molecule has 0 saturated heterocycles. The number of nitrogens with one attached hydrogen (secondary N) is 1. The van der Waals surface area contributed by atoms with Crippen LogP contribution in [-0.4, -0.2) is 24.0 Å². The van der Waals surface area contributed by atoms with Crippen molar-refractivity contribution in [2.45, 2.75) is 26.4 Å². The van der Waals surface area contributed by atoms with E-state index in [-0.39, 0.29) is 23.4 Å². The molecule has 2 aromatic carbocycles. The zero-order valence-electron chi connectivity index (χ0n) is 14.3. The van der Waals surface area contributed by atoms with Gasteiger partial charge in [-0.3, -0.25) is 14.9 Å². The van der Waals surface area contributed by atoms with Gasteiger partial charge in [-0.2, -0.15) is 0 Å². The van der Waals surface area contributed by atoms with Crippen LogP contribution >= 0.6 is 0 Å². The van der Waals surface area contributed by atoms with Crippen molar-refractivity contribution in [2.24, 2.45) is 0 Å². The quantitative estimate of drug-likeness (QED) is 0.605. The molecule has 1 atom stereocenters. The normalized spacial score (nSPS) is 11.5. The molecule has 0 saturated carbocycles. The first-order chi connectivity index (χ1) is 11.9. The molecule has 2 aromatic rings. The third-order valence-corrected chi connectivity index (χ3v) is 3.65. The maximum Gasteiger partial charge on any atom is 0.273 e. The van der Waals surface area contributed by atoms with Crippen LogP contribution in [0.3, 0.4) is 0 Å². The third-order valence-electron chi connectivity index (χ3n) is 3.65. The Morgan fingerprint density at radius 3 is 2.68 bits per heavy atom. The van der Waals surface area contributed by atoms with Gasteiger partial charge in [0, 0.05) is 11.6 Å². The molecule has 0 bridgehead atoms. The van der Waals surface area contributed by atoms with E-state index in [0.717, 1.165) is 6.42 Å². The molecule has 1 unspecified atom stereocenters. The van der Waals surface area contributed by atoms with Gasteiger partial charge in [0.25, 0.3) is 11.6 Å². The van der Waals surface area contributed by atoms with E-state index in [2.05, 4.69) is 5.32 Å². The predicted octanol–water partition coefficient (Wildman–Crippen LogP) is 4.03. The van der Waals surface area contributed by atoms with E-state index in [1.165, 1.54) is 25.3 Å². The fourth-order valence-corrected chi connectivity index (χ4v) is 2.12. The number of carbonyl (C=O) groups excluding carboxylic acids is 1. The summed E-state index contributed by atoms with van der Waals surface area (Å²) in [7, 11) is 1.38. The van der Waals surface area contributed by atoms with Crippen LogP contribution in [0.2, 0.25) is 0 Å². The number of benzene rings is 2. The number of hydrogen-bond acceptors (Lipinski definition) is 5. The van der Waals surface area contributed by atoms with Crippen LogP contribution in [0.5, 0.6) is 11.5 Å². The maximum atomic E-state index is 12.5. The number of nitro benzene ring substituents is 1. The minimum absolute atomic E-state index is 0.0491. The summed E-state index contributed by atoms with van der Waals surface area (Å²) in [6, 6.07) is 10.8. The molecule has 0 heterocycles. The van der Waals surface area contributed by atoms with Gasteiger partial charge in [-0.15, -0.1) is 0 Å². The van der Waals surface area contributed by atoms with Crippen molar-refractivity contribution in [1.29, 1.82) is 0 Å². The van der Waals surface area contributed by atoms with E-state index in [1.807, 2.05) is 13.8 Å². The summed E-state index contributed by atoms with van der Waals surface area (Å²) in [5, 5.41) is 13.5. The highest BCUT2D eigenvalue weighted by atomic mass is 16.6. The van der Waals surface area contributed by atoms with Crippen molar-refractivity contribution in [1.82, 2.24) is 0 Å². The number of methoxy groups -OCH3 is 1. The highest BCUT2D eigenvalue weighted by Crippen LogP contribution is 2.29. The van der Waals surface area contributed by atoms with Crippen molar-refractivity contribution in [3.63, 3.8) is 0 Å². The fourth-order valence-electron chi connectivity index (χ4n) is 2.12. The minimum atomic E-state index is -0.524. The predicted molar refractivity (Wildman–Crippen MR) is 94.4 cm³/mol. The Bertz CT molecular complexity index is 776.